The number of aromatic nitrogens is 3. The van der Waals surface area contributed by atoms with Gasteiger partial charge in [-0.05, 0) is 12.0 Å². The van der Waals surface area contributed by atoms with E-state index in [1.54, 1.807) is 12.4 Å². The van der Waals surface area contributed by atoms with E-state index in [9.17, 15) is 8.42 Å². The highest BCUT2D eigenvalue weighted by molar-refractivity contribution is 8.13. The molecule has 0 N–H and O–H groups in total. The predicted octanol–water partition coefficient (Wildman–Crippen LogP) is 1.22. The maximum Gasteiger partial charge on any atom is 0.266 e. The summed E-state index contributed by atoms with van der Waals surface area (Å²) in [5.41, 5.74) is 1.23. The van der Waals surface area contributed by atoms with Crippen molar-refractivity contribution in [1.29, 1.82) is 0 Å². The van der Waals surface area contributed by atoms with Gasteiger partial charge in [0, 0.05) is 23.1 Å². The maximum atomic E-state index is 11.1. The van der Waals surface area contributed by atoms with Gasteiger partial charge in [-0.2, -0.15) is 5.10 Å². The van der Waals surface area contributed by atoms with Crippen LogP contribution in [0.1, 0.15) is 12.5 Å². The molecule has 0 fully saturated rings. The maximum absolute atomic E-state index is 11.1. The Bertz CT molecular complexity index is 605. The van der Waals surface area contributed by atoms with E-state index in [0.29, 0.717) is 0 Å². The third-order valence-corrected chi connectivity index (χ3v) is 3.36. The summed E-state index contributed by atoms with van der Waals surface area (Å²) < 4.78 is 23.7. The SMILES string of the molecule is CCc1cnc2c(S(=O)(=O)Cl)cnn2c1. The molecule has 0 unspecified atom stereocenters. The van der Waals surface area contributed by atoms with Crippen molar-refractivity contribution in [2.24, 2.45) is 0 Å². The van der Waals surface area contributed by atoms with Crippen molar-refractivity contribution in [1.82, 2.24) is 14.6 Å². The van der Waals surface area contributed by atoms with Gasteiger partial charge >= 0.3 is 0 Å². The Balaban J connectivity index is 2.73. The Labute approximate surface area is 91.1 Å². The molecule has 0 radical (unpaired) electrons. The third-order valence-electron chi connectivity index (χ3n) is 2.05. The number of nitrogens with zero attached hydrogens (tertiary/aromatic N) is 3. The second-order valence-electron chi connectivity index (χ2n) is 3.03. The van der Waals surface area contributed by atoms with Gasteiger partial charge in [0.05, 0.1) is 6.20 Å². The fourth-order valence-electron chi connectivity index (χ4n) is 1.25. The van der Waals surface area contributed by atoms with Gasteiger partial charge in [-0.25, -0.2) is 17.9 Å². The average Bonchev–Trinajstić information content (AvgIpc) is 2.59. The molecule has 15 heavy (non-hydrogen) atoms. The van der Waals surface area contributed by atoms with Crippen LogP contribution in [0.2, 0.25) is 0 Å². The number of halogens is 1. The molecule has 0 amide bonds. The molecule has 5 nitrogen and oxygen atoms in total. The van der Waals surface area contributed by atoms with E-state index in [0.717, 1.165) is 12.0 Å². The number of rotatable bonds is 2. The molecular weight excluding hydrogens is 238 g/mol. The fraction of sp³-hybridized carbons (Fsp3) is 0.250. The number of aryl methyl sites for hydroxylation is 1. The second-order valence-corrected chi connectivity index (χ2v) is 5.56. The first-order valence-electron chi connectivity index (χ1n) is 4.29. The summed E-state index contributed by atoms with van der Waals surface area (Å²) in [4.78, 5) is 3.95. The molecule has 0 saturated heterocycles. The van der Waals surface area contributed by atoms with E-state index in [4.69, 9.17) is 10.7 Å². The predicted molar refractivity (Wildman–Crippen MR) is 55.4 cm³/mol. The van der Waals surface area contributed by atoms with Crippen LogP contribution in [0.4, 0.5) is 0 Å². The molecule has 0 aliphatic carbocycles. The zero-order valence-electron chi connectivity index (χ0n) is 7.88. The Morgan fingerprint density at radius 3 is 2.80 bits per heavy atom. The van der Waals surface area contributed by atoms with Crippen LogP contribution in [0.5, 0.6) is 0 Å². The highest BCUT2D eigenvalue weighted by Gasteiger charge is 2.17. The van der Waals surface area contributed by atoms with Gasteiger partial charge in [-0.15, -0.1) is 0 Å². The summed E-state index contributed by atoms with van der Waals surface area (Å²) in [6.45, 7) is 1.98. The Morgan fingerprint density at radius 1 is 1.47 bits per heavy atom. The minimum absolute atomic E-state index is 0.0631. The Hall–Kier alpha value is -1.14. The van der Waals surface area contributed by atoms with Crippen molar-refractivity contribution in [2.75, 3.05) is 0 Å². The highest BCUT2D eigenvalue weighted by Crippen LogP contribution is 2.18. The molecule has 0 atom stereocenters. The van der Waals surface area contributed by atoms with E-state index in [2.05, 4.69) is 10.1 Å². The van der Waals surface area contributed by atoms with Crippen LogP contribution in [0, 0.1) is 0 Å². The Morgan fingerprint density at radius 2 is 2.20 bits per heavy atom. The molecule has 0 aliphatic heterocycles. The molecule has 2 rings (SSSR count). The van der Waals surface area contributed by atoms with Crippen LogP contribution in [-0.4, -0.2) is 23.0 Å². The summed E-state index contributed by atoms with van der Waals surface area (Å²) in [6, 6.07) is 0. The molecule has 0 saturated carbocycles. The first kappa shape index (κ1) is 10.4. The molecule has 80 valence electrons. The van der Waals surface area contributed by atoms with Crippen molar-refractivity contribution in [2.45, 2.75) is 18.2 Å². The number of fused-ring (bicyclic) bond motifs is 1. The number of hydrogen-bond donors (Lipinski definition) is 0. The number of hydrogen-bond acceptors (Lipinski definition) is 4. The van der Waals surface area contributed by atoms with Crippen molar-refractivity contribution >= 4 is 25.4 Å². The standard InChI is InChI=1S/C8H8ClN3O2S/c1-2-6-3-10-8-7(15(9,13)14)4-11-12(8)5-6/h3-5H,2H2,1H3. The molecule has 0 aliphatic rings. The van der Waals surface area contributed by atoms with E-state index >= 15 is 0 Å². The van der Waals surface area contributed by atoms with Gasteiger partial charge in [-0.3, -0.25) is 0 Å². The lowest BCUT2D eigenvalue weighted by molar-refractivity contribution is 0.610. The van der Waals surface area contributed by atoms with Gasteiger partial charge < -0.3 is 0 Å². The molecular formula is C8H8ClN3O2S. The molecule has 0 bridgehead atoms. The normalized spacial score (nSPS) is 12.1. The summed E-state index contributed by atoms with van der Waals surface area (Å²) in [5, 5.41) is 3.88. The summed E-state index contributed by atoms with van der Waals surface area (Å²) in [7, 11) is 1.45. The lowest BCUT2D eigenvalue weighted by Crippen LogP contribution is -1.96. The van der Waals surface area contributed by atoms with Crippen LogP contribution in [-0.2, 0) is 15.5 Å². The van der Waals surface area contributed by atoms with Crippen molar-refractivity contribution < 1.29 is 8.42 Å². The highest BCUT2D eigenvalue weighted by atomic mass is 35.7. The van der Waals surface area contributed by atoms with E-state index < -0.39 is 9.05 Å². The zero-order chi connectivity index (χ0) is 11.1. The minimum atomic E-state index is -3.78. The van der Waals surface area contributed by atoms with Gasteiger partial charge in [0.15, 0.2) is 5.65 Å². The van der Waals surface area contributed by atoms with E-state index in [-0.39, 0.29) is 10.5 Å². The topological polar surface area (TPSA) is 64.3 Å². The summed E-state index contributed by atoms with van der Waals surface area (Å²) in [5.74, 6) is 0. The third kappa shape index (κ3) is 1.82. The van der Waals surface area contributed by atoms with Crippen LogP contribution in [0.25, 0.3) is 5.65 Å². The largest absolute Gasteiger partial charge is 0.266 e. The second kappa shape index (κ2) is 3.46. The molecule has 7 heteroatoms. The first-order chi connectivity index (χ1) is 7.02. The molecule has 2 aromatic rings. The lowest BCUT2D eigenvalue weighted by atomic mass is 10.3. The minimum Gasteiger partial charge on any atom is -0.236 e. The molecule has 2 heterocycles. The van der Waals surface area contributed by atoms with Crippen LogP contribution in [0.3, 0.4) is 0 Å². The van der Waals surface area contributed by atoms with Crippen LogP contribution in [0.15, 0.2) is 23.5 Å². The first-order valence-corrected chi connectivity index (χ1v) is 6.60. The van der Waals surface area contributed by atoms with Crippen molar-refractivity contribution in [3.63, 3.8) is 0 Å². The summed E-state index contributed by atoms with van der Waals surface area (Å²) in [6.07, 6.45) is 5.35. The lowest BCUT2D eigenvalue weighted by Gasteiger charge is -1.97. The molecule has 0 aromatic carbocycles. The zero-order valence-corrected chi connectivity index (χ0v) is 9.46. The smallest absolute Gasteiger partial charge is 0.236 e. The quantitative estimate of drug-likeness (QED) is 0.747. The van der Waals surface area contributed by atoms with Gasteiger partial charge in [0.2, 0.25) is 0 Å². The van der Waals surface area contributed by atoms with Gasteiger partial charge in [-0.1, -0.05) is 6.92 Å². The van der Waals surface area contributed by atoms with E-state index in [1.807, 2.05) is 6.92 Å². The monoisotopic (exact) mass is 245 g/mol. The van der Waals surface area contributed by atoms with Gasteiger partial charge in [0.1, 0.15) is 4.90 Å². The van der Waals surface area contributed by atoms with Crippen LogP contribution < -0.4 is 0 Å². The molecule has 2 aromatic heterocycles. The van der Waals surface area contributed by atoms with Crippen molar-refractivity contribution in [3.05, 3.63) is 24.2 Å². The average molecular weight is 246 g/mol. The van der Waals surface area contributed by atoms with Crippen molar-refractivity contribution in [3.8, 4) is 0 Å². The fourth-order valence-corrected chi connectivity index (χ4v) is 2.11. The summed E-state index contributed by atoms with van der Waals surface area (Å²) >= 11 is 0. The van der Waals surface area contributed by atoms with Gasteiger partial charge in [0.25, 0.3) is 9.05 Å². The van der Waals surface area contributed by atoms with Crippen LogP contribution >= 0.6 is 10.7 Å². The molecule has 0 spiro atoms. The van der Waals surface area contributed by atoms with E-state index in [1.165, 1.54) is 10.7 Å². The Kier molecular flexibility index (Phi) is 2.40.